The van der Waals surface area contributed by atoms with Crippen LogP contribution in [0.4, 0.5) is 0 Å². The van der Waals surface area contributed by atoms with Gasteiger partial charge in [-0.1, -0.05) is 121 Å². The van der Waals surface area contributed by atoms with Crippen molar-refractivity contribution in [3.63, 3.8) is 0 Å². The summed E-state index contributed by atoms with van der Waals surface area (Å²) in [7, 11) is 0. The maximum absolute atomic E-state index is 12.1. The first-order valence-corrected chi connectivity index (χ1v) is 13.1. The molecule has 7 heteroatoms. The molecule has 1 heterocycles. The number of ether oxygens (including phenoxy) is 4. The number of benzene rings is 4. The van der Waals surface area contributed by atoms with Crippen LogP contribution in [0, 0.1) is 0 Å². The van der Waals surface area contributed by atoms with Crippen molar-refractivity contribution in [1.82, 2.24) is 0 Å². The van der Waals surface area contributed by atoms with Crippen molar-refractivity contribution in [2.75, 3.05) is 0 Å². The normalized spacial score (nSPS) is 23.2. The fourth-order valence-corrected chi connectivity index (χ4v) is 4.45. The van der Waals surface area contributed by atoms with Gasteiger partial charge in [0.25, 0.3) is 5.79 Å². The SMILES string of the molecule is OC(OCc1ccccc1)[C@H]1OC(c2ccccc2)=C[C@](O)(OCc2ccccc2)[C@@]1(O)OCc1ccccc1. The molecule has 5 rings (SSSR count). The van der Waals surface area contributed by atoms with Gasteiger partial charge in [-0.3, -0.25) is 0 Å². The van der Waals surface area contributed by atoms with Gasteiger partial charge in [-0.15, -0.1) is 0 Å². The summed E-state index contributed by atoms with van der Waals surface area (Å²) in [6.45, 7) is -0.126. The van der Waals surface area contributed by atoms with Gasteiger partial charge in [0.2, 0.25) is 11.9 Å². The molecule has 1 aliphatic rings. The van der Waals surface area contributed by atoms with E-state index in [9.17, 15) is 15.3 Å². The van der Waals surface area contributed by atoms with Crippen molar-refractivity contribution in [3.8, 4) is 0 Å². The van der Waals surface area contributed by atoms with Gasteiger partial charge in [0.05, 0.1) is 19.8 Å². The van der Waals surface area contributed by atoms with Gasteiger partial charge in [-0.2, -0.15) is 0 Å². The fourth-order valence-electron chi connectivity index (χ4n) is 4.45. The summed E-state index contributed by atoms with van der Waals surface area (Å²) >= 11 is 0. The maximum atomic E-state index is 12.1. The molecule has 206 valence electrons. The molecule has 1 unspecified atom stereocenters. The van der Waals surface area contributed by atoms with Crippen LogP contribution in [0.2, 0.25) is 0 Å². The third-order valence-electron chi connectivity index (χ3n) is 6.66. The molecule has 4 aromatic rings. The van der Waals surface area contributed by atoms with Gasteiger partial charge < -0.3 is 34.3 Å². The average Bonchev–Trinajstić information content (AvgIpc) is 3.01. The van der Waals surface area contributed by atoms with Crippen molar-refractivity contribution in [2.45, 2.75) is 43.8 Å². The van der Waals surface area contributed by atoms with Crippen LogP contribution in [-0.4, -0.2) is 39.3 Å². The Morgan fingerprint density at radius 1 is 0.625 bits per heavy atom. The summed E-state index contributed by atoms with van der Waals surface area (Å²) in [5.41, 5.74) is 2.91. The predicted octanol–water partition coefficient (Wildman–Crippen LogP) is 4.77. The van der Waals surface area contributed by atoms with Gasteiger partial charge in [-0.05, 0) is 16.7 Å². The molecule has 0 aliphatic carbocycles. The smallest absolute Gasteiger partial charge is 0.269 e. The number of aliphatic hydroxyl groups excluding tert-OH is 1. The molecule has 4 aromatic carbocycles. The van der Waals surface area contributed by atoms with Gasteiger partial charge in [0.1, 0.15) is 5.76 Å². The molecule has 1 aliphatic heterocycles. The van der Waals surface area contributed by atoms with Gasteiger partial charge in [-0.25, -0.2) is 0 Å². The molecule has 0 bridgehead atoms. The van der Waals surface area contributed by atoms with Crippen molar-refractivity contribution in [2.24, 2.45) is 0 Å². The predicted molar refractivity (Wildman–Crippen MR) is 149 cm³/mol. The molecule has 0 aromatic heterocycles. The molecule has 0 saturated heterocycles. The number of hydrogen-bond donors (Lipinski definition) is 3. The molecule has 7 nitrogen and oxygen atoms in total. The average molecular weight is 541 g/mol. The number of aliphatic hydroxyl groups is 3. The maximum Gasteiger partial charge on any atom is 0.269 e. The molecule has 0 saturated carbocycles. The van der Waals surface area contributed by atoms with E-state index in [1.165, 1.54) is 6.08 Å². The largest absolute Gasteiger partial charge is 0.479 e. The van der Waals surface area contributed by atoms with Gasteiger partial charge in [0.15, 0.2) is 6.29 Å². The number of hydrogen-bond acceptors (Lipinski definition) is 7. The van der Waals surface area contributed by atoms with Gasteiger partial charge in [0, 0.05) is 11.6 Å². The minimum atomic E-state index is -2.58. The van der Waals surface area contributed by atoms with E-state index in [4.69, 9.17) is 18.9 Å². The lowest BCUT2D eigenvalue weighted by Gasteiger charge is -2.48. The van der Waals surface area contributed by atoms with Crippen LogP contribution in [0.25, 0.3) is 5.76 Å². The topological polar surface area (TPSA) is 97.6 Å². The van der Waals surface area contributed by atoms with E-state index in [1.807, 2.05) is 109 Å². The van der Waals surface area contributed by atoms with E-state index in [0.29, 0.717) is 5.56 Å². The lowest BCUT2D eigenvalue weighted by Crippen LogP contribution is -2.68. The highest BCUT2D eigenvalue weighted by molar-refractivity contribution is 5.62. The summed E-state index contributed by atoms with van der Waals surface area (Å²) in [5.74, 6) is -4.83. The van der Waals surface area contributed by atoms with E-state index in [-0.39, 0.29) is 25.6 Å². The Hall–Kier alpha value is -3.82. The van der Waals surface area contributed by atoms with E-state index >= 15 is 0 Å². The lowest BCUT2D eigenvalue weighted by atomic mass is 9.92. The second-order valence-electron chi connectivity index (χ2n) is 9.54. The van der Waals surface area contributed by atoms with E-state index in [2.05, 4.69) is 0 Å². The van der Waals surface area contributed by atoms with Crippen molar-refractivity contribution in [3.05, 3.63) is 150 Å². The number of rotatable bonds is 11. The van der Waals surface area contributed by atoms with Crippen LogP contribution in [-0.2, 0) is 38.8 Å². The monoisotopic (exact) mass is 540 g/mol. The third-order valence-corrected chi connectivity index (χ3v) is 6.66. The second-order valence-corrected chi connectivity index (χ2v) is 9.54. The van der Waals surface area contributed by atoms with Crippen LogP contribution in [0.3, 0.4) is 0 Å². The third kappa shape index (κ3) is 6.32. The second kappa shape index (κ2) is 12.6. The molecule has 3 N–H and O–H groups in total. The standard InChI is InChI=1S/C33H32O7/c34-31(37-22-25-13-5-1-6-14-25)30-33(36,39-24-27-17-9-3-10-18-27)32(35,38-23-26-15-7-2-8-16-26)21-29(40-30)28-19-11-4-12-20-28/h1-21,30-31,34-36H,22-24H2/t30-,31?,32+,33+/m1/s1. The van der Waals surface area contributed by atoms with Crippen LogP contribution in [0.15, 0.2) is 127 Å². The van der Waals surface area contributed by atoms with Crippen LogP contribution < -0.4 is 0 Å². The summed E-state index contributed by atoms with van der Waals surface area (Å²) in [4.78, 5) is 0. The van der Waals surface area contributed by atoms with Crippen molar-refractivity contribution < 1.29 is 34.3 Å². The molecule has 0 radical (unpaired) electrons. The minimum absolute atomic E-state index is 0.0321. The highest BCUT2D eigenvalue weighted by Gasteiger charge is 2.63. The molecule has 4 atom stereocenters. The highest BCUT2D eigenvalue weighted by Crippen LogP contribution is 2.43. The first-order chi connectivity index (χ1) is 19.5. The summed E-state index contributed by atoms with van der Waals surface area (Å²) in [6, 6.07) is 36.7. The zero-order valence-electron chi connectivity index (χ0n) is 21.9. The molecule has 40 heavy (non-hydrogen) atoms. The Morgan fingerprint density at radius 3 is 1.60 bits per heavy atom. The van der Waals surface area contributed by atoms with E-state index < -0.39 is 24.0 Å². The van der Waals surface area contributed by atoms with E-state index in [1.54, 1.807) is 12.1 Å². The molecule has 0 fully saturated rings. The Labute approximate surface area is 233 Å². The Morgan fingerprint density at radius 2 is 1.07 bits per heavy atom. The first kappa shape index (κ1) is 27.7. The Bertz CT molecular complexity index is 1370. The molecule has 0 amide bonds. The first-order valence-electron chi connectivity index (χ1n) is 13.1. The highest BCUT2D eigenvalue weighted by atomic mass is 16.7. The van der Waals surface area contributed by atoms with Crippen molar-refractivity contribution in [1.29, 1.82) is 0 Å². The Kier molecular flexibility index (Phi) is 8.72. The van der Waals surface area contributed by atoms with Gasteiger partial charge >= 0.3 is 0 Å². The Balaban J connectivity index is 1.51. The quantitative estimate of drug-likeness (QED) is 0.236. The fraction of sp³-hybridized carbons (Fsp3) is 0.212. The molecular weight excluding hydrogens is 508 g/mol. The van der Waals surface area contributed by atoms with Crippen molar-refractivity contribution >= 4 is 5.76 Å². The minimum Gasteiger partial charge on any atom is -0.479 e. The summed E-state index contributed by atoms with van der Waals surface area (Å²) < 4.78 is 23.9. The van der Waals surface area contributed by atoms with Crippen LogP contribution >= 0.6 is 0 Å². The van der Waals surface area contributed by atoms with Crippen LogP contribution in [0.1, 0.15) is 22.3 Å². The summed E-state index contributed by atoms with van der Waals surface area (Å²) in [6.07, 6.45) is -2.03. The zero-order valence-corrected chi connectivity index (χ0v) is 21.9. The zero-order chi connectivity index (χ0) is 27.8. The molecule has 0 spiro atoms. The van der Waals surface area contributed by atoms with E-state index in [0.717, 1.165) is 16.7 Å². The summed E-state index contributed by atoms with van der Waals surface area (Å²) in [5, 5.41) is 35.4. The lowest BCUT2D eigenvalue weighted by molar-refractivity contribution is -0.420. The molecular formula is C33H32O7. The van der Waals surface area contributed by atoms with Crippen LogP contribution in [0.5, 0.6) is 0 Å².